The molecule has 0 atom stereocenters. The predicted octanol–water partition coefficient (Wildman–Crippen LogP) is 2.22. The molecule has 0 amide bonds. The smallest absolute Gasteiger partial charge is 0.326 e. The van der Waals surface area contributed by atoms with E-state index < -0.39 is 11.5 Å². The Morgan fingerprint density at radius 3 is 2.74 bits per heavy atom. The second-order valence-electron chi connectivity index (χ2n) is 4.28. The summed E-state index contributed by atoms with van der Waals surface area (Å²) in [5.41, 5.74) is 0.870. The number of hydrogen-bond acceptors (Lipinski definition) is 2. The van der Waals surface area contributed by atoms with E-state index in [1.54, 1.807) is 36.4 Å². The number of benzene rings is 2. The number of phenolic OH excluding ortho intramolecular Hbond substituents is 1. The van der Waals surface area contributed by atoms with E-state index in [2.05, 4.69) is 4.98 Å². The molecule has 0 bridgehead atoms. The summed E-state index contributed by atoms with van der Waals surface area (Å²) >= 11 is 0. The van der Waals surface area contributed by atoms with Gasteiger partial charge in [-0.25, -0.2) is 9.18 Å². The second-order valence-corrected chi connectivity index (χ2v) is 4.28. The lowest BCUT2D eigenvalue weighted by Gasteiger charge is -2.05. The van der Waals surface area contributed by atoms with E-state index in [0.717, 1.165) is 0 Å². The summed E-state index contributed by atoms with van der Waals surface area (Å²) in [6.45, 7) is 0.189. The first-order valence-corrected chi connectivity index (χ1v) is 5.81. The van der Waals surface area contributed by atoms with Crippen molar-refractivity contribution in [3.8, 4) is 5.75 Å². The molecule has 2 aromatic carbocycles. The van der Waals surface area contributed by atoms with Crippen molar-refractivity contribution < 1.29 is 9.50 Å². The summed E-state index contributed by atoms with van der Waals surface area (Å²) in [7, 11) is 0. The summed E-state index contributed by atoms with van der Waals surface area (Å²) < 4.78 is 15.0. The number of aromatic hydroxyl groups is 1. The van der Waals surface area contributed by atoms with Crippen molar-refractivity contribution >= 4 is 11.0 Å². The average Bonchev–Trinajstić information content (AvgIpc) is 2.71. The molecule has 96 valence electrons. The predicted molar refractivity (Wildman–Crippen MR) is 69.7 cm³/mol. The number of nitrogens with one attached hydrogen (secondary N) is 1. The van der Waals surface area contributed by atoms with Crippen molar-refractivity contribution in [3.63, 3.8) is 0 Å². The van der Waals surface area contributed by atoms with Gasteiger partial charge in [-0.3, -0.25) is 4.57 Å². The van der Waals surface area contributed by atoms with Gasteiger partial charge >= 0.3 is 5.69 Å². The zero-order valence-electron chi connectivity index (χ0n) is 9.93. The second kappa shape index (κ2) is 4.28. The van der Waals surface area contributed by atoms with Gasteiger partial charge < -0.3 is 10.1 Å². The molecule has 2 N–H and O–H groups in total. The highest BCUT2D eigenvalue weighted by Gasteiger charge is 2.11. The van der Waals surface area contributed by atoms with Crippen LogP contribution in [-0.4, -0.2) is 14.7 Å². The maximum atomic E-state index is 13.6. The van der Waals surface area contributed by atoms with Crippen molar-refractivity contribution in [3.05, 3.63) is 64.3 Å². The topological polar surface area (TPSA) is 58.0 Å². The number of fused-ring (bicyclic) bond motifs is 1. The van der Waals surface area contributed by atoms with Gasteiger partial charge in [0.2, 0.25) is 0 Å². The molecule has 0 saturated carbocycles. The number of rotatable bonds is 2. The van der Waals surface area contributed by atoms with Gasteiger partial charge in [0, 0.05) is 5.56 Å². The minimum atomic E-state index is -0.467. The number of para-hydroxylation sites is 2. The Balaban J connectivity index is 2.16. The number of phenols is 1. The lowest BCUT2D eigenvalue weighted by atomic mass is 10.2. The molecule has 0 unspecified atom stereocenters. The zero-order chi connectivity index (χ0) is 13.4. The molecule has 1 aromatic heterocycles. The molecule has 1 heterocycles. The monoisotopic (exact) mass is 258 g/mol. The van der Waals surface area contributed by atoms with Crippen LogP contribution in [0.3, 0.4) is 0 Å². The van der Waals surface area contributed by atoms with Gasteiger partial charge in [0.05, 0.1) is 12.1 Å². The average molecular weight is 258 g/mol. The zero-order valence-corrected chi connectivity index (χ0v) is 9.93. The van der Waals surface area contributed by atoms with Gasteiger partial charge in [0.25, 0.3) is 0 Å². The molecule has 0 aliphatic carbocycles. The number of nitrogens with zero attached hydrogens (tertiary/aromatic N) is 1. The summed E-state index contributed by atoms with van der Waals surface area (Å²) in [6, 6.07) is 11.3. The number of H-pyrrole nitrogens is 1. The first kappa shape index (κ1) is 11.5. The van der Waals surface area contributed by atoms with E-state index in [1.165, 1.54) is 10.6 Å². The highest BCUT2D eigenvalue weighted by atomic mass is 19.1. The van der Waals surface area contributed by atoms with Crippen molar-refractivity contribution in [2.75, 3.05) is 0 Å². The van der Waals surface area contributed by atoms with E-state index in [4.69, 9.17) is 0 Å². The van der Waals surface area contributed by atoms with Crippen molar-refractivity contribution in [2.24, 2.45) is 0 Å². The van der Waals surface area contributed by atoms with Crippen LogP contribution in [0.2, 0.25) is 0 Å². The third-order valence-electron chi connectivity index (χ3n) is 3.08. The Bertz CT molecular complexity index is 805. The molecular weight excluding hydrogens is 247 g/mol. The Kier molecular flexibility index (Phi) is 2.59. The highest BCUT2D eigenvalue weighted by Crippen LogP contribution is 2.19. The van der Waals surface area contributed by atoms with Gasteiger partial charge in [0.1, 0.15) is 17.1 Å². The fourth-order valence-electron chi connectivity index (χ4n) is 2.12. The van der Waals surface area contributed by atoms with Crippen LogP contribution in [0.1, 0.15) is 5.56 Å². The molecule has 4 nitrogen and oxygen atoms in total. The minimum absolute atomic E-state index is 0.111. The maximum Gasteiger partial charge on any atom is 0.326 e. The van der Waals surface area contributed by atoms with Crippen LogP contribution >= 0.6 is 0 Å². The minimum Gasteiger partial charge on any atom is -0.508 e. The molecule has 0 saturated heterocycles. The number of imidazole rings is 1. The molecule has 5 heteroatoms. The lowest BCUT2D eigenvalue weighted by molar-refractivity contribution is 0.466. The normalized spacial score (nSPS) is 11.0. The quantitative estimate of drug-likeness (QED) is 0.740. The van der Waals surface area contributed by atoms with Crippen LogP contribution in [0, 0.1) is 5.82 Å². The largest absolute Gasteiger partial charge is 0.508 e. The molecular formula is C14H11FN2O2. The fourth-order valence-corrected chi connectivity index (χ4v) is 2.12. The van der Waals surface area contributed by atoms with E-state index in [0.29, 0.717) is 11.1 Å². The molecule has 3 rings (SSSR count). The van der Waals surface area contributed by atoms with Gasteiger partial charge in [-0.15, -0.1) is 0 Å². The van der Waals surface area contributed by atoms with Crippen LogP contribution < -0.4 is 5.69 Å². The standard InChI is InChI=1S/C14H11FN2O2/c15-10-5-3-6-11-13(10)16-14(19)17(11)8-9-4-1-2-7-12(9)18/h1-7,18H,8H2,(H,16,19). The SMILES string of the molecule is O=c1[nH]c2c(F)cccc2n1Cc1ccccc1O. The molecule has 0 spiro atoms. The summed E-state index contributed by atoms with van der Waals surface area (Å²) in [6.07, 6.45) is 0. The van der Waals surface area contributed by atoms with Crippen molar-refractivity contribution in [1.29, 1.82) is 0 Å². The summed E-state index contributed by atoms with van der Waals surface area (Å²) in [4.78, 5) is 14.4. The Hall–Kier alpha value is -2.56. The highest BCUT2D eigenvalue weighted by molar-refractivity contribution is 5.75. The van der Waals surface area contributed by atoms with Gasteiger partial charge in [0.15, 0.2) is 0 Å². The van der Waals surface area contributed by atoms with Crippen LogP contribution in [0.4, 0.5) is 4.39 Å². The van der Waals surface area contributed by atoms with Gasteiger partial charge in [-0.1, -0.05) is 24.3 Å². The fraction of sp³-hybridized carbons (Fsp3) is 0.0714. The van der Waals surface area contributed by atoms with E-state index in [1.807, 2.05) is 0 Å². The summed E-state index contributed by atoms with van der Waals surface area (Å²) in [5, 5.41) is 9.73. The maximum absolute atomic E-state index is 13.6. The Morgan fingerprint density at radius 2 is 1.95 bits per heavy atom. The molecule has 3 aromatic rings. The molecule has 0 fully saturated rings. The number of halogens is 1. The van der Waals surface area contributed by atoms with Crippen LogP contribution in [0.25, 0.3) is 11.0 Å². The van der Waals surface area contributed by atoms with E-state index in [-0.39, 0.29) is 17.8 Å². The van der Waals surface area contributed by atoms with Crippen molar-refractivity contribution in [2.45, 2.75) is 6.54 Å². The first-order valence-electron chi connectivity index (χ1n) is 5.81. The van der Waals surface area contributed by atoms with Crippen LogP contribution in [0.15, 0.2) is 47.3 Å². The number of aromatic amines is 1. The lowest BCUT2D eigenvalue weighted by Crippen LogP contribution is -2.17. The molecule has 19 heavy (non-hydrogen) atoms. The molecule has 0 radical (unpaired) electrons. The van der Waals surface area contributed by atoms with Gasteiger partial charge in [-0.05, 0) is 18.2 Å². The third-order valence-corrected chi connectivity index (χ3v) is 3.08. The van der Waals surface area contributed by atoms with Crippen LogP contribution in [-0.2, 0) is 6.54 Å². The molecule has 0 aliphatic heterocycles. The number of aromatic nitrogens is 2. The molecule has 0 aliphatic rings. The van der Waals surface area contributed by atoms with Crippen LogP contribution in [0.5, 0.6) is 5.75 Å². The third kappa shape index (κ3) is 1.89. The van der Waals surface area contributed by atoms with Gasteiger partial charge in [-0.2, -0.15) is 0 Å². The number of hydrogen-bond donors (Lipinski definition) is 2. The van der Waals surface area contributed by atoms with E-state index in [9.17, 15) is 14.3 Å². The Morgan fingerprint density at radius 1 is 1.16 bits per heavy atom. The summed E-state index contributed by atoms with van der Waals surface area (Å²) in [5.74, 6) is -0.356. The Labute approximate surface area is 107 Å². The van der Waals surface area contributed by atoms with E-state index >= 15 is 0 Å². The first-order chi connectivity index (χ1) is 9.16. The van der Waals surface area contributed by atoms with Crippen molar-refractivity contribution in [1.82, 2.24) is 9.55 Å².